The smallest absolute Gasteiger partial charge is 0.258 e. The Morgan fingerprint density at radius 2 is 1.93 bits per heavy atom. The molecule has 1 aromatic heterocycles. The van der Waals surface area contributed by atoms with E-state index in [1.165, 1.54) is 0 Å². The molecule has 29 heavy (non-hydrogen) atoms. The molecule has 1 atom stereocenters. The summed E-state index contributed by atoms with van der Waals surface area (Å²) < 4.78 is 0. The van der Waals surface area contributed by atoms with Crippen LogP contribution in [-0.4, -0.2) is 34.9 Å². The fraction of sp³-hybridized carbons (Fsp3) is 0.429. The van der Waals surface area contributed by atoms with Crippen molar-refractivity contribution in [2.45, 2.75) is 39.0 Å². The molecule has 152 valence electrons. The maximum atomic E-state index is 12.9. The van der Waals surface area contributed by atoms with E-state index in [1.807, 2.05) is 30.0 Å². The molecule has 0 spiro atoms. The zero-order chi connectivity index (χ0) is 20.5. The van der Waals surface area contributed by atoms with Crippen molar-refractivity contribution in [2.75, 3.05) is 28.6 Å². The van der Waals surface area contributed by atoms with Gasteiger partial charge in [0.05, 0.1) is 11.5 Å². The van der Waals surface area contributed by atoms with Crippen LogP contribution in [-0.2, 0) is 9.59 Å². The highest BCUT2D eigenvalue weighted by molar-refractivity contribution is 6.04. The Labute approximate surface area is 168 Å². The van der Waals surface area contributed by atoms with Crippen molar-refractivity contribution < 1.29 is 9.59 Å². The van der Waals surface area contributed by atoms with Crippen LogP contribution in [0.1, 0.15) is 43.2 Å². The summed E-state index contributed by atoms with van der Waals surface area (Å²) in [5, 5.41) is 5.51. The predicted molar refractivity (Wildman–Crippen MR) is 111 cm³/mol. The van der Waals surface area contributed by atoms with E-state index < -0.39 is 5.92 Å². The standard InChI is InChI=1S/C21H25N5O3/c1-12-7-9-26(10-8-12)21-24-18-17(20(29)25-21)14(11-16(27)23-18)19(28)22-15-6-4-3-5-13(15)2/h3-6,12,14H,7-11H2,1-2H3,(H,22,28)(H2,23,24,25,27,29)/t14-/m1/s1. The predicted octanol–water partition coefficient (Wildman–Crippen LogP) is 2.38. The van der Waals surface area contributed by atoms with Crippen LogP contribution in [0.3, 0.4) is 0 Å². The number of carbonyl (C=O) groups is 2. The zero-order valence-corrected chi connectivity index (χ0v) is 16.6. The van der Waals surface area contributed by atoms with Gasteiger partial charge in [0.1, 0.15) is 5.82 Å². The fourth-order valence-corrected chi connectivity index (χ4v) is 3.89. The van der Waals surface area contributed by atoms with Crippen molar-refractivity contribution in [2.24, 2.45) is 5.92 Å². The number of amides is 2. The zero-order valence-electron chi connectivity index (χ0n) is 16.6. The van der Waals surface area contributed by atoms with Crippen LogP contribution < -0.4 is 21.1 Å². The SMILES string of the molecule is Cc1ccccc1NC(=O)[C@@H]1CC(=O)Nc2nc(N3CCC(C)CC3)[nH]c(=O)c21. The summed E-state index contributed by atoms with van der Waals surface area (Å²) in [5.41, 5.74) is 1.40. The number of para-hydroxylation sites is 1. The number of benzene rings is 1. The van der Waals surface area contributed by atoms with E-state index in [0.717, 1.165) is 31.5 Å². The lowest BCUT2D eigenvalue weighted by atomic mass is 9.92. The first-order valence-electron chi connectivity index (χ1n) is 9.98. The molecule has 1 saturated heterocycles. The van der Waals surface area contributed by atoms with Crippen LogP contribution in [0.5, 0.6) is 0 Å². The lowest BCUT2D eigenvalue weighted by Crippen LogP contribution is -2.39. The number of carbonyl (C=O) groups excluding carboxylic acids is 2. The Kier molecular flexibility index (Phi) is 5.08. The topological polar surface area (TPSA) is 107 Å². The van der Waals surface area contributed by atoms with Gasteiger partial charge in [0.2, 0.25) is 17.8 Å². The van der Waals surface area contributed by atoms with E-state index in [-0.39, 0.29) is 35.2 Å². The van der Waals surface area contributed by atoms with Gasteiger partial charge in [-0.05, 0) is 37.3 Å². The summed E-state index contributed by atoms with van der Waals surface area (Å²) >= 11 is 0. The molecule has 1 aromatic carbocycles. The maximum Gasteiger partial charge on any atom is 0.258 e. The van der Waals surface area contributed by atoms with Crippen molar-refractivity contribution in [3.63, 3.8) is 0 Å². The third kappa shape index (κ3) is 3.87. The van der Waals surface area contributed by atoms with Crippen LogP contribution in [0.25, 0.3) is 0 Å². The Morgan fingerprint density at radius 1 is 1.21 bits per heavy atom. The molecule has 0 unspecified atom stereocenters. The minimum Gasteiger partial charge on any atom is -0.342 e. The highest BCUT2D eigenvalue weighted by atomic mass is 16.2. The third-order valence-corrected chi connectivity index (χ3v) is 5.74. The van der Waals surface area contributed by atoms with Gasteiger partial charge in [-0.1, -0.05) is 25.1 Å². The molecular weight excluding hydrogens is 370 g/mol. The van der Waals surface area contributed by atoms with Gasteiger partial charge in [-0.15, -0.1) is 0 Å². The molecule has 8 nitrogen and oxygen atoms in total. The van der Waals surface area contributed by atoms with Gasteiger partial charge in [-0.3, -0.25) is 19.4 Å². The number of hydrogen-bond acceptors (Lipinski definition) is 5. The molecule has 8 heteroatoms. The summed E-state index contributed by atoms with van der Waals surface area (Å²) in [7, 11) is 0. The second kappa shape index (κ2) is 7.69. The van der Waals surface area contributed by atoms with Gasteiger partial charge < -0.3 is 15.5 Å². The molecule has 1 fully saturated rings. The minimum absolute atomic E-state index is 0.0873. The van der Waals surface area contributed by atoms with E-state index in [0.29, 0.717) is 17.6 Å². The van der Waals surface area contributed by atoms with Crippen molar-refractivity contribution in [3.8, 4) is 0 Å². The molecule has 2 aliphatic heterocycles. The summed E-state index contributed by atoms with van der Waals surface area (Å²) in [4.78, 5) is 47.4. The first-order chi connectivity index (χ1) is 13.9. The highest BCUT2D eigenvalue weighted by Crippen LogP contribution is 2.31. The molecule has 0 bridgehead atoms. The van der Waals surface area contributed by atoms with Gasteiger partial charge in [-0.25, -0.2) is 0 Å². The molecule has 3 N–H and O–H groups in total. The number of nitrogens with one attached hydrogen (secondary N) is 3. The molecule has 2 aromatic rings. The summed E-state index contributed by atoms with van der Waals surface area (Å²) in [6.45, 7) is 5.69. The second-order valence-electron chi connectivity index (χ2n) is 7.93. The molecule has 2 aliphatic rings. The first kappa shape index (κ1) is 19.2. The molecule has 4 rings (SSSR count). The average molecular weight is 395 g/mol. The van der Waals surface area contributed by atoms with Crippen LogP contribution in [0, 0.1) is 12.8 Å². The number of nitrogens with zero attached hydrogens (tertiary/aromatic N) is 2. The molecule has 0 radical (unpaired) electrons. The van der Waals surface area contributed by atoms with Crippen LogP contribution in [0.2, 0.25) is 0 Å². The number of aryl methyl sites for hydroxylation is 1. The van der Waals surface area contributed by atoms with Gasteiger partial charge in [-0.2, -0.15) is 4.98 Å². The number of anilines is 3. The number of aromatic nitrogens is 2. The van der Waals surface area contributed by atoms with Gasteiger partial charge in [0.25, 0.3) is 5.56 Å². The lowest BCUT2D eigenvalue weighted by Gasteiger charge is -2.31. The number of H-pyrrole nitrogens is 1. The summed E-state index contributed by atoms with van der Waals surface area (Å²) in [6.07, 6.45) is 1.96. The number of rotatable bonds is 3. The highest BCUT2D eigenvalue weighted by Gasteiger charge is 2.35. The van der Waals surface area contributed by atoms with Gasteiger partial charge in [0.15, 0.2) is 0 Å². The van der Waals surface area contributed by atoms with Crippen molar-refractivity contribution in [3.05, 3.63) is 45.7 Å². The maximum absolute atomic E-state index is 12.9. The fourth-order valence-electron chi connectivity index (χ4n) is 3.89. The number of fused-ring (bicyclic) bond motifs is 1. The minimum atomic E-state index is -0.884. The Morgan fingerprint density at radius 3 is 2.66 bits per heavy atom. The lowest BCUT2D eigenvalue weighted by molar-refractivity contribution is -0.123. The molecule has 2 amide bonds. The Balaban J connectivity index is 1.64. The number of piperidine rings is 1. The quantitative estimate of drug-likeness (QED) is 0.740. The second-order valence-corrected chi connectivity index (χ2v) is 7.93. The monoisotopic (exact) mass is 395 g/mol. The van der Waals surface area contributed by atoms with E-state index in [9.17, 15) is 14.4 Å². The molecule has 0 aliphatic carbocycles. The third-order valence-electron chi connectivity index (χ3n) is 5.74. The summed E-state index contributed by atoms with van der Waals surface area (Å²) in [5.74, 6) is -0.319. The van der Waals surface area contributed by atoms with Crippen LogP contribution >= 0.6 is 0 Å². The molecular formula is C21H25N5O3. The van der Waals surface area contributed by atoms with Gasteiger partial charge >= 0.3 is 0 Å². The van der Waals surface area contributed by atoms with E-state index in [2.05, 4.69) is 27.5 Å². The van der Waals surface area contributed by atoms with E-state index in [4.69, 9.17) is 0 Å². The number of aromatic amines is 1. The average Bonchev–Trinajstić information content (AvgIpc) is 2.69. The van der Waals surface area contributed by atoms with Crippen molar-refractivity contribution >= 4 is 29.3 Å². The van der Waals surface area contributed by atoms with Crippen LogP contribution in [0.15, 0.2) is 29.1 Å². The number of hydrogen-bond donors (Lipinski definition) is 3. The first-order valence-corrected chi connectivity index (χ1v) is 9.98. The summed E-state index contributed by atoms with van der Waals surface area (Å²) in [6, 6.07) is 7.38. The van der Waals surface area contributed by atoms with E-state index >= 15 is 0 Å². The Hall–Kier alpha value is -3.16. The largest absolute Gasteiger partial charge is 0.342 e. The van der Waals surface area contributed by atoms with E-state index in [1.54, 1.807) is 6.07 Å². The van der Waals surface area contributed by atoms with Crippen LogP contribution in [0.4, 0.5) is 17.5 Å². The Bertz CT molecular complexity index is 1010. The van der Waals surface area contributed by atoms with Gasteiger partial charge in [0, 0.05) is 25.2 Å². The molecule has 3 heterocycles. The normalized spacial score (nSPS) is 19.4. The van der Waals surface area contributed by atoms with Crippen molar-refractivity contribution in [1.29, 1.82) is 0 Å². The molecule has 0 saturated carbocycles. The van der Waals surface area contributed by atoms with Crippen molar-refractivity contribution in [1.82, 2.24) is 9.97 Å².